The highest BCUT2D eigenvalue weighted by atomic mass is 31.2. The SMILES string of the molecule is CCNCC.NP(N)(N)=O. The van der Waals surface area contributed by atoms with Crippen LogP contribution < -0.4 is 21.8 Å². The lowest BCUT2D eigenvalue weighted by Gasteiger charge is -1.88. The van der Waals surface area contributed by atoms with Crippen molar-refractivity contribution in [2.75, 3.05) is 13.1 Å². The van der Waals surface area contributed by atoms with Crippen LogP contribution in [0.2, 0.25) is 0 Å². The number of nitrogens with one attached hydrogen (secondary N) is 1. The maximum atomic E-state index is 9.55. The zero-order valence-corrected chi connectivity index (χ0v) is 7.40. The van der Waals surface area contributed by atoms with Gasteiger partial charge in [-0.3, -0.25) is 21.1 Å². The van der Waals surface area contributed by atoms with Gasteiger partial charge in [-0.15, -0.1) is 0 Å². The molecule has 64 valence electrons. The molecular formula is C4H17N4OP. The third-order valence-electron chi connectivity index (χ3n) is 0.500. The van der Waals surface area contributed by atoms with E-state index in [0.717, 1.165) is 13.1 Å². The molecule has 7 N–H and O–H groups in total. The molecule has 0 saturated carbocycles. The Bertz CT molecular complexity index is 91.2. The van der Waals surface area contributed by atoms with E-state index >= 15 is 0 Å². The molecule has 0 amide bonds. The van der Waals surface area contributed by atoms with Crippen LogP contribution >= 0.6 is 7.59 Å². The van der Waals surface area contributed by atoms with E-state index in [4.69, 9.17) is 0 Å². The van der Waals surface area contributed by atoms with Gasteiger partial charge in [-0.2, -0.15) is 0 Å². The molecule has 0 atom stereocenters. The molecule has 0 fully saturated rings. The van der Waals surface area contributed by atoms with Crippen LogP contribution in [0, 0.1) is 0 Å². The van der Waals surface area contributed by atoms with Crippen LogP contribution in [0.5, 0.6) is 0 Å². The van der Waals surface area contributed by atoms with E-state index in [1.807, 2.05) is 0 Å². The Morgan fingerprint density at radius 3 is 1.40 bits per heavy atom. The normalized spacial score (nSPS) is 10.1. The van der Waals surface area contributed by atoms with Crippen LogP contribution in [0.3, 0.4) is 0 Å². The predicted molar refractivity (Wildman–Crippen MR) is 44.4 cm³/mol. The summed E-state index contributed by atoms with van der Waals surface area (Å²) in [6, 6.07) is 0. The summed E-state index contributed by atoms with van der Waals surface area (Å²) in [4.78, 5) is 0. The molecule has 0 aliphatic heterocycles. The van der Waals surface area contributed by atoms with Gasteiger partial charge in [-0.05, 0) is 13.1 Å². The second-order valence-corrected chi connectivity index (χ2v) is 3.25. The highest BCUT2D eigenvalue weighted by molar-refractivity contribution is 7.56. The van der Waals surface area contributed by atoms with Gasteiger partial charge in [-0.25, -0.2) is 0 Å². The lowest BCUT2D eigenvalue weighted by molar-refractivity contribution is 0.577. The first kappa shape index (κ1) is 12.7. The molecule has 5 nitrogen and oxygen atoms in total. The van der Waals surface area contributed by atoms with Gasteiger partial charge in [0, 0.05) is 0 Å². The summed E-state index contributed by atoms with van der Waals surface area (Å²) < 4.78 is 9.55. The first-order chi connectivity index (χ1) is 4.41. The average Bonchev–Trinajstić information content (AvgIpc) is 1.63. The van der Waals surface area contributed by atoms with Crippen molar-refractivity contribution in [2.24, 2.45) is 16.5 Å². The minimum Gasteiger partial charge on any atom is -0.317 e. The minimum atomic E-state index is -3.14. The van der Waals surface area contributed by atoms with E-state index in [1.54, 1.807) is 0 Å². The average molecular weight is 168 g/mol. The molecular weight excluding hydrogens is 151 g/mol. The molecule has 0 heterocycles. The number of hydrogen-bond acceptors (Lipinski definition) is 2. The van der Waals surface area contributed by atoms with Crippen LogP contribution in [0.15, 0.2) is 0 Å². The van der Waals surface area contributed by atoms with E-state index < -0.39 is 7.59 Å². The van der Waals surface area contributed by atoms with E-state index in [-0.39, 0.29) is 0 Å². The highest BCUT2D eigenvalue weighted by Gasteiger charge is 1.90. The minimum absolute atomic E-state index is 1.09. The highest BCUT2D eigenvalue weighted by Crippen LogP contribution is 2.06. The third-order valence-corrected chi connectivity index (χ3v) is 0.500. The molecule has 0 aromatic heterocycles. The lowest BCUT2D eigenvalue weighted by atomic mass is 10.7. The Morgan fingerprint density at radius 1 is 1.20 bits per heavy atom. The first-order valence-electron chi connectivity index (χ1n) is 3.08. The maximum absolute atomic E-state index is 9.55. The molecule has 0 saturated heterocycles. The van der Waals surface area contributed by atoms with Gasteiger partial charge >= 0.3 is 0 Å². The number of hydrogen-bond donors (Lipinski definition) is 4. The van der Waals surface area contributed by atoms with Crippen molar-refractivity contribution in [3.8, 4) is 0 Å². The summed E-state index contributed by atoms with van der Waals surface area (Å²) in [6.45, 7) is 6.39. The van der Waals surface area contributed by atoms with Crippen LogP contribution in [0.25, 0.3) is 0 Å². The zero-order valence-electron chi connectivity index (χ0n) is 6.50. The topological polar surface area (TPSA) is 107 Å². The fourth-order valence-corrected chi connectivity index (χ4v) is 0.250. The molecule has 0 rings (SSSR count). The van der Waals surface area contributed by atoms with Crippen molar-refractivity contribution >= 4 is 7.59 Å². The fraction of sp³-hybridized carbons (Fsp3) is 1.00. The zero-order chi connectivity index (χ0) is 8.62. The predicted octanol–water partition coefficient (Wildman–Crippen LogP) is -0.414. The standard InChI is InChI=1S/C4H11N.H6N3OP/c1-3-5-4-2;1-5(2,3)4/h5H,3-4H2,1-2H3;(H6,1,2,3,4). The molecule has 0 aliphatic carbocycles. The van der Waals surface area contributed by atoms with Crippen LogP contribution in [-0.4, -0.2) is 13.1 Å². The van der Waals surface area contributed by atoms with Gasteiger partial charge in [0.05, 0.1) is 0 Å². The Labute approximate surface area is 61.9 Å². The fourth-order valence-electron chi connectivity index (χ4n) is 0.250. The van der Waals surface area contributed by atoms with Crippen LogP contribution in [0.4, 0.5) is 0 Å². The third kappa shape index (κ3) is 94.1. The van der Waals surface area contributed by atoms with Gasteiger partial charge < -0.3 is 5.32 Å². The maximum Gasteiger partial charge on any atom is 0.271 e. The molecule has 0 aliphatic rings. The molecule has 0 spiro atoms. The quantitative estimate of drug-likeness (QED) is 0.419. The first-order valence-corrected chi connectivity index (χ1v) is 4.99. The second-order valence-electron chi connectivity index (χ2n) is 1.72. The van der Waals surface area contributed by atoms with E-state index in [9.17, 15) is 4.57 Å². The largest absolute Gasteiger partial charge is 0.317 e. The lowest BCUT2D eigenvalue weighted by Crippen LogP contribution is -2.12. The van der Waals surface area contributed by atoms with Gasteiger partial charge in [0.15, 0.2) is 0 Å². The van der Waals surface area contributed by atoms with Crippen molar-refractivity contribution in [2.45, 2.75) is 13.8 Å². The summed E-state index contributed by atoms with van der Waals surface area (Å²) in [5, 5.41) is 3.11. The van der Waals surface area contributed by atoms with E-state index in [2.05, 4.69) is 35.7 Å². The van der Waals surface area contributed by atoms with Crippen molar-refractivity contribution in [3.05, 3.63) is 0 Å². The summed E-state index contributed by atoms with van der Waals surface area (Å²) in [5.41, 5.74) is 13.4. The molecule has 0 unspecified atom stereocenters. The van der Waals surface area contributed by atoms with Gasteiger partial charge in [0.2, 0.25) is 0 Å². The summed E-state index contributed by atoms with van der Waals surface area (Å²) in [7, 11) is -3.14. The van der Waals surface area contributed by atoms with Gasteiger partial charge in [0.25, 0.3) is 7.59 Å². The van der Waals surface area contributed by atoms with Gasteiger partial charge in [0.1, 0.15) is 0 Å². The summed E-state index contributed by atoms with van der Waals surface area (Å²) >= 11 is 0. The molecule has 0 aromatic carbocycles. The van der Waals surface area contributed by atoms with Crippen molar-refractivity contribution in [3.63, 3.8) is 0 Å². The van der Waals surface area contributed by atoms with Gasteiger partial charge in [-0.1, -0.05) is 13.8 Å². The summed E-state index contributed by atoms with van der Waals surface area (Å²) in [6.07, 6.45) is 0. The number of nitrogens with two attached hydrogens (primary N) is 3. The molecule has 10 heavy (non-hydrogen) atoms. The molecule has 0 bridgehead atoms. The monoisotopic (exact) mass is 168 g/mol. The van der Waals surface area contributed by atoms with Crippen LogP contribution in [-0.2, 0) is 4.57 Å². The Balaban J connectivity index is 0. The number of rotatable bonds is 2. The Hall–Kier alpha value is 0.0700. The second kappa shape index (κ2) is 7.18. The van der Waals surface area contributed by atoms with Crippen molar-refractivity contribution in [1.82, 2.24) is 5.32 Å². The summed E-state index contributed by atoms with van der Waals surface area (Å²) in [5.74, 6) is 0. The van der Waals surface area contributed by atoms with Crippen LogP contribution in [0.1, 0.15) is 13.8 Å². The molecule has 0 radical (unpaired) electrons. The smallest absolute Gasteiger partial charge is 0.271 e. The van der Waals surface area contributed by atoms with E-state index in [0.29, 0.717) is 0 Å². The molecule has 6 heteroatoms. The Morgan fingerprint density at radius 2 is 1.40 bits per heavy atom. The van der Waals surface area contributed by atoms with Crippen molar-refractivity contribution in [1.29, 1.82) is 0 Å². The Kier molecular flexibility index (Phi) is 9.13. The molecule has 0 aromatic rings. The van der Waals surface area contributed by atoms with Crippen molar-refractivity contribution < 1.29 is 4.57 Å². The van der Waals surface area contributed by atoms with E-state index in [1.165, 1.54) is 0 Å².